The van der Waals surface area contributed by atoms with Crippen molar-refractivity contribution >= 4 is 17.5 Å². The van der Waals surface area contributed by atoms with Crippen LogP contribution in [0.1, 0.15) is 32.0 Å². The van der Waals surface area contributed by atoms with Crippen LogP contribution >= 0.6 is 0 Å². The molecule has 3 aromatic rings. The van der Waals surface area contributed by atoms with Gasteiger partial charge in [0.1, 0.15) is 0 Å². The van der Waals surface area contributed by atoms with Crippen LogP contribution < -0.4 is 5.32 Å². The molecule has 0 spiro atoms. The third-order valence-corrected chi connectivity index (χ3v) is 4.15. The van der Waals surface area contributed by atoms with Crippen LogP contribution in [0.4, 0.5) is 5.69 Å². The Kier molecular flexibility index (Phi) is 5.17. The lowest BCUT2D eigenvalue weighted by Gasteiger charge is -2.18. The maximum absolute atomic E-state index is 12.6. The number of benzene rings is 2. The highest BCUT2D eigenvalue weighted by Gasteiger charge is 2.14. The first-order valence-electron chi connectivity index (χ1n) is 8.29. The topological polar surface area (TPSA) is 62.6 Å². The van der Waals surface area contributed by atoms with Crippen molar-refractivity contribution in [2.75, 3.05) is 12.4 Å². The zero-order valence-electron chi connectivity index (χ0n) is 14.7. The molecule has 0 saturated carbocycles. The highest BCUT2D eigenvalue weighted by molar-refractivity contribution is 6.02. The predicted molar refractivity (Wildman–Crippen MR) is 100 cm³/mol. The molecular weight excluding hydrogens is 328 g/mol. The molecule has 3 rings (SSSR count). The minimum absolute atomic E-state index is 0.0721. The standard InChI is InChI=1S/C21H20N2O3/c1-15-6-3-4-7-17(15)14-23(2)21(25)16-9-11-18(12-10-16)22-20(24)19-8-5-13-26-19/h3-13H,14H2,1-2H3,(H,22,24). The quantitative estimate of drug-likeness (QED) is 0.755. The Balaban J connectivity index is 1.65. The molecule has 5 nitrogen and oxygen atoms in total. The van der Waals surface area contributed by atoms with Gasteiger partial charge < -0.3 is 14.6 Å². The van der Waals surface area contributed by atoms with E-state index in [1.165, 1.54) is 6.26 Å². The normalized spacial score (nSPS) is 10.4. The summed E-state index contributed by atoms with van der Waals surface area (Å²) in [5.41, 5.74) is 3.44. The second-order valence-corrected chi connectivity index (χ2v) is 6.10. The molecule has 2 amide bonds. The summed E-state index contributed by atoms with van der Waals surface area (Å²) >= 11 is 0. The Bertz CT molecular complexity index is 899. The van der Waals surface area contributed by atoms with E-state index in [4.69, 9.17) is 4.42 Å². The van der Waals surface area contributed by atoms with Gasteiger partial charge in [-0.05, 0) is 54.4 Å². The molecule has 0 aliphatic carbocycles. The lowest BCUT2D eigenvalue weighted by molar-refractivity contribution is 0.0785. The van der Waals surface area contributed by atoms with Gasteiger partial charge in [-0.15, -0.1) is 0 Å². The summed E-state index contributed by atoms with van der Waals surface area (Å²) in [6, 6.07) is 18.1. The third kappa shape index (κ3) is 4.00. The fourth-order valence-corrected chi connectivity index (χ4v) is 2.63. The molecule has 0 unspecified atom stereocenters. The van der Waals surface area contributed by atoms with Crippen molar-refractivity contribution in [2.24, 2.45) is 0 Å². The van der Waals surface area contributed by atoms with E-state index in [1.807, 2.05) is 31.2 Å². The average molecular weight is 348 g/mol. The van der Waals surface area contributed by atoms with Crippen molar-refractivity contribution in [3.05, 3.63) is 89.4 Å². The number of furan rings is 1. The van der Waals surface area contributed by atoms with Gasteiger partial charge in [0.15, 0.2) is 5.76 Å². The van der Waals surface area contributed by atoms with E-state index in [9.17, 15) is 9.59 Å². The van der Waals surface area contributed by atoms with Crippen LogP contribution in [0, 0.1) is 6.92 Å². The molecule has 0 fully saturated rings. The number of anilines is 1. The van der Waals surface area contributed by atoms with Crippen LogP contribution in [0.25, 0.3) is 0 Å². The first kappa shape index (κ1) is 17.5. The molecular formula is C21H20N2O3. The fraction of sp³-hybridized carbons (Fsp3) is 0.143. The van der Waals surface area contributed by atoms with Crippen molar-refractivity contribution < 1.29 is 14.0 Å². The highest BCUT2D eigenvalue weighted by atomic mass is 16.3. The van der Waals surface area contributed by atoms with E-state index >= 15 is 0 Å². The smallest absolute Gasteiger partial charge is 0.291 e. The molecule has 0 aliphatic heterocycles. The Morgan fingerprint density at radius 3 is 2.38 bits per heavy atom. The maximum Gasteiger partial charge on any atom is 0.291 e. The molecule has 0 atom stereocenters. The van der Waals surface area contributed by atoms with E-state index in [-0.39, 0.29) is 17.6 Å². The number of rotatable bonds is 5. The number of hydrogen-bond donors (Lipinski definition) is 1. The van der Waals surface area contributed by atoms with E-state index in [0.717, 1.165) is 11.1 Å². The van der Waals surface area contributed by atoms with Crippen LogP contribution in [0.5, 0.6) is 0 Å². The summed E-state index contributed by atoms with van der Waals surface area (Å²) in [6.45, 7) is 2.58. The molecule has 5 heteroatoms. The van der Waals surface area contributed by atoms with E-state index in [0.29, 0.717) is 17.8 Å². The Labute approximate surface area is 152 Å². The molecule has 1 aromatic heterocycles. The second kappa shape index (κ2) is 7.70. The number of aryl methyl sites for hydroxylation is 1. The fourth-order valence-electron chi connectivity index (χ4n) is 2.63. The highest BCUT2D eigenvalue weighted by Crippen LogP contribution is 2.15. The predicted octanol–water partition coefficient (Wildman–Crippen LogP) is 4.11. The van der Waals surface area contributed by atoms with Crippen molar-refractivity contribution in [3.63, 3.8) is 0 Å². The molecule has 0 saturated heterocycles. The van der Waals surface area contributed by atoms with Crippen molar-refractivity contribution in [3.8, 4) is 0 Å². The number of hydrogen-bond acceptors (Lipinski definition) is 3. The lowest BCUT2D eigenvalue weighted by atomic mass is 10.1. The Morgan fingerprint density at radius 2 is 1.73 bits per heavy atom. The largest absolute Gasteiger partial charge is 0.459 e. The summed E-state index contributed by atoms with van der Waals surface area (Å²) in [6.07, 6.45) is 1.45. The SMILES string of the molecule is Cc1ccccc1CN(C)C(=O)c1ccc(NC(=O)c2ccco2)cc1. The third-order valence-electron chi connectivity index (χ3n) is 4.15. The van der Waals surface area contributed by atoms with Crippen molar-refractivity contribution in [1.82, 2.24) is 4.90 Å². The van der Waals surface area contributed by atoms with Gasteiger partial charge in [0.2, 0.25) is 0 Å². The summed E-state index contributed by atoms with van der Waals surface area (Å²) < 4.78 is 5.05. The van der Waals surface area contributed by atoms with Crippen LogP contribution in [-0.4, -0.2) is 23.8 Å². The van der Waals surface area contributed by atoms with Crippen LogP contribution in [0.3, 0.4) is 0 Å². The average Bonchev–Trinajstić information content (AvgIpc) is 3.18. The van der Waals surface area contributed by atoms with Gasteiger partial charge in [-0.2, -0.15) is 0 Å². The van der Waals surface area contributed by atoms with Crippen LogP contribution in [0.2, 0.25) is 0 Å². The minimum atomic E-state index is -0.328. The zero-order valence-corrected chi connectivity index (χ0v) is 14.7. The van der Waals surface area contributed by atoms with Crippen LogP contribution in [0.15, 0.2) is 71.3 Å². The lowest BCUT2D eigenvalue weighted by Crippen LogP contribution is -2.26. The first-order valence-corrected chi connectivity index (χ1v) is 8.29. The number of carbonyl (C=O) groups is 2. The monoisotopic (exact) mass is 348 g/mol. The van der Waals surface area contributed by atoms with Crippen molar-refractivity contribution in [1.29, 1.82) is 0 Å². The molecule has 1 N–H and O–H groups in total. The van der Waals surface area contributed by atoms with Crippen molar-refractivity contribution in [2.45, 2.75) is 13.5 Å². The van der Waals surface area contributed by atoms with E-state index < -0.39 is 0 Å². The van der Waals surface area contributed by atoms with Gasteiger partial charge >= 0.3 is 0 Å². The molecule has 26 heavy (non-hydrogen) atoms. The minimum Gasteiger partial charge on any atom is -0.459 e. The number of carbonyl (C=O) groups excluding carboxylic acids is 2. The van der Waals surface area contributed by atoms with Gasteiger partial charge in [0.05, 0.1) is 6.26 Å². The molecule has 0 aliphatic rings. The summed E-state index contributed by atoms with van der Waals surface area (Å²) in [7, 11) is 1.78. The van der Waals surface area contributed by atoms with Gasteiger partial charge in [-0.3, -0.25) is 9.59 Å². The maximum atomic E-state index is 12.6. The molecule has 0 bridgehead atoms. The second-order valence-electron chi connectivity index (χ2n) is 6.10. The molecule has 0 radical (unpaired) electrons. The summed E-state index contributed by atoms with van der Waals surface area (Å²) in [5, 5.41) is 2.73. The summed E-state index contributed by atoms with van der Waals surface area (Å²) in [4.78, 5) is 26.2. The van der Waals surface area contributed by atoms with Gasteiger partial charge in [-0.25, -0.2) is 0 Å². The molecule has 2 aromatic carbocycles. The number of amides is 2. The first-order chi connectivity index (χ1) is 12.5. The Hall–Kier alpha value is -3.34. The number of nitrogens with zero attached hydrogens (tertiary/aromatic N) is 1. The van der Waals surface area contributed by atoms with E-state index in [1.54, 1.807) is 48.3 Å². The van der Waals surface area contributed by atoms with Crippen LogP contribution in [-0.2, 0) is 6.54 Å². The van der Waals surface area contributed by atoms with Gasteiger partial charge in [-0.1, -0.05) is 24.3 Å². The molecule has 132 valence electrons. The summed E-state index contributed by atoms with van der Waals surface area (Å²) in [5.74, 6) is -0.161. The van der Waals surface area contributed by atoms with Gasteiger partial charge in [0.25, 0.3) is 11.8 Å². The van der Waals surface area contributed by atoms with Gasteiger partial charge in [0, 0.05) is 24.8 Å². The zero-order chi connectivity index (χ0) is 18.5. The van der Waals surface area contributed by atoms with E-state index in [2.05, 4.69) is 5.32 Å². The Morgan fingerprint density at radius 1 is 1.00 bits per heavy atom. The number of nitrogens with one attached hydrogen (secondary N) is 1. The molecule has 1 heterocycles.